The lowest BCUT2D eigenvalue weighted by Crippen LogP contribution is -2.44. The zero-order chi connectivity index (χ0) is 86.7. The third-order valence-corrected chi connectivity index (χ3v) is 19.2. The van der Waals surface area contributed by atoms with E-state index in [4.69, 9.17) is 108 Å². The van der Waals surface area contributed by atoms with Crippen molar-refractivity contribution in [3.63, 3.8) is 0 Å². The maximum Gasteiger partial charge on any atom is 0.508 e. The highest BCUT2D eigenvalue weighted by Gasteiger charge is 2.47. The van der Waals surface area contributed by atoms with E-state index in [0.717, 1.165) is 91.0 Å². The standard InChI is InChI=1S/C14H15ClO5.C14H23ClO5.C12H19ClO5.C9H13BrO5.C9H13ClO5.C8H11BrO5.C8H11IO5/c1-14(8-19-13(17)20-9-14)12(16)18-7-11-4-2-10(6-15)3-5-11;1-14(10-19-13(17)20-11-14)12(16)18-9-7-5-3-2-4-6-8-15;1-12(8-17-11(15)18-9-12)10(14)16-7-5-3-2-4-6-13;2*1-9(5-14-8(12)15-6-9)7(11)13-4-2-3-10;2*1-8(6(10)12-3-2-9)4-13-7(11)14-5-8/h2-5H,6-9H2,1H3;2-11H2,1H3;2-9H2,1H3;2*2-6H2,1H3;2*2-5H2,1H3. The van der Waals surface area contributed by atoms with Gasteiger partial charge >= 0.3 is 84.9 Å². The molecule has 7 saturated heterocycles. The number of carbonyl (C=O) groups is 14. The van der Waals surface area contributed by atoms with Crippen molar-refractivity contribution in [1.82, 2.24) is 0 Å². The van der Waals surface area contributed by atoms with Gasteiger partial charge in [-0.15, -0.1) is 46.4 Å². The molecule has 7 fully saturated rings. The quantitative estimate of drug-likeness (QED) is 0.0203. The molecule has 35 nitrogen and oxygen atoms in total. The van der Waals surface area contributed by atoms with E-state index in [1.54, 1.807) is 48.5 Å². The van der Waals surface area contributed by atoms with Gasteiger partial charge in [-0.25, -0.2) is 33.6 Å². The normalized spacial score (nSPS) is 18.2. The van der Waals surface area contributed by atoms with Crippen LogP contribution in [0.5, 0.6) is 0 Å². The Balaban J connectivity index is 0.000000461. The zero-order valence-electron chi connectivity index (χ0n) is 66.0. The number of esters is 7. The molecule has 1 aromatic carbocycles. The maximum absolute atomic E-state index is 12.0. The number of rotatable bonds is 34. The second-order valence-electron chi connectivity index (χ2n) is 28.4. The van der Waals surface area contributed by atoms with E-state index in [1.807, 2.05) is 24.3 Å². The van der Waals surface area contributed by atoms with Gasteiger partial charge in [0.2, 0.25) is 0 Å². The molecule has 0 aliphatic carbocycles. The van der Waals surface area contributed by atoms with Gasteiger partial charge in [0.15, 0.2) is 0 Å². The zero-order valence-corrected chi connectivity index (χ0v) is 74.4. The number of benzene rings is 1. The smallest absolute Gasteiger partial charge is 0.465 e. The Morgan fingerprint density at radius 3 is 0.733 bits per heavy atom. The Kier molecular flexibility index (Phi) is 51.4. The lowest BCUT2D eigenvalue weighted by molar-refractivity contribution is -0.168. The summed E-state index contributed by atoms with van der Waals surface area (Å²) in [5, 5.41) is 1.36. The van der Waals surface area contributed by atoms with Crippen molar-refractivity contribution < 1.29 is 167 Å². The summed E-state index contributed by atoms with van der Waals surface area (Å²) in [7, 11) is 0. The average molecular weight is 1980 g/mol. The summed E-state index contributed by atoms with van der Waals surface area (Å²) in [6, 6.07) is 7.46. The average Bonchev–Trinajstić information content (AvgIpc) is 0.868. The third-order valence-electron chi connectivity index (χ3n) is 16.8. The van der Waals surface area contributed by atoms with E-state index in [9.17, 15) is 67.1 Å². The molecule has 660 valence electrons. The Hall–Kier alpha value is -6.75. The van der Waals surface area contributed by atoms with Crippen LogP contribution in [0.2, 0.25) is 0 Å². The first-order valence-corrected chi connectivity index (χ1v) is 42.7. The number of hydrogen-bond acceptors (Lipinski definition) is 35. The Morgan fingerprint density at radius 2 is 0.500 bits per heavy atom. The molecular formula is C74H105Br2Cl4IO35. The fourth-order valence-electron chi connectivity index (χ4n) is 9.04. The summed E-state index contributed by atoms with van der Waals surface area (Å²) in [4.78, 5) is 157. The SMILES string of the molecule is CC1(C(=O)OCCBr)COC(=O)OC1.CC1(C(=O)OCCCBr)COC(=O)OC1.CC1(C(=O)OCCCCCCCCCl)COC(=O)OC1.CC1(C(=O)OCCCCCCCl)COC(=O)OC1.CC1(C(=O)OCCCCl)COC(=O)OC1.CC1(C(=O)OCCI)COC(=O)OC1.CC1(C(=O)OCc2ccc(CCl)cc2)COC(=O)OC1. The summed E-state index contributed by atoms with van der Waals surface area (Å²) in [5.74, 6) is -0.548. The molecule has 0 N–H and O–H groups in total. The van der Waals surface area contributed by atoms with Crippen molar-refractivity contribution in [3.8, 4) is 0 Å². The van der Waals surface area contributed by atoms with Crippen molar-refractivity contribution in [2.24, 2.45) is 37.9 Å². The minimum atomic E-state index is -0.954. The van der Waals surface area contributed by atoms with Crippen LogP contribution >= 0.6 is 101 Å². The Bertz CT molecular complexity index is 3090. The number of cyclic esters (lactones) is 14. The largest absolute Gasteiger partial charge is 0.508 e. The summed E-state index contributed by atoms with van der Waals surface area (Å²) >= 11 is 30.8. The molecule has 8 rings (SSSR count). The summed E-state index contributed by atoms with van der Waals surface area (Å²) in [5.41, 5.74) is -4.37. The molecular weight excluding hydrogens is 1880 g/mol. The predicted molar refractivity (Wildman–Crippen MR) is 423 cm³/mol. The topological polar surface area (TPSA) is 433 Å². The van der Waals surface area contributed by atoms with Crippen LogP contribution in [0.15, 0.2) is 24.3 Å². The molecule has 0 aromatic heterocycles. The molecule has 0 spiro atoms. The number of carbonyl (C=O) groups excluding carboxylic acids is 14. The molecule has 0 bridgehead atoms. The molecule has 7 heterocycles. The van der Waals surface area contributed by atoms with Crippen molar-refractivity contribution >= 4 is 186 Å². The predicted octanol–water partition coefficient (Wildman–Crippen LogP) is 13.5. The number of hydrogen-bond donors (Lipinski definition) is 0. The van der Waals surface area contributed by atoms with E-state index in [0.29, 0.717) is 62.4 Å². The maximum atomic E-state index is 12.0. The molecule has 0 unspecified atom stereocenters. The molecule has 1 aromatic rings. The van der Waals surface area contributed by atoms with Crippen molar-refractivity contribution in [2.45, 2.75) is 138 Å². The minimum Gasteiger partial charge on any atom is -0.465 e. The highest BCUT2D eigenvalue weighted by atomic mass is 127. The lowest BCUT2D eigenvalue weighted by Gasteiger charge is -2.29. The molecule has 116 heavy (non-hydrogen) atoms. The molecule has 0 amide bonds. The highest BCUT2D eigenvalue weighted by Crippen LogP contribution is 2.31. The first-order valence-electron chi connectivity index (χ1n) is 36.8. The first kappa shape index (κ1) is 105. The first-order chi connectivity index (χ1) is 55.0. The summed E-state index contributed by atoms with van der Waals surface area (Å²) in [6.45, 7) is 13.8. The number of alkyl halides is 7. The van der Waals surface area contributed by atoms with Gasteiger partial charge in [0.25, 0.3) is 0 Å². The van der Waals surface area contributed by atoms with Gasteiger partial charge in [0.05, 0.1) is 26.4 Å². The fraction of sp³-hybridized carbons (Fsp3) is 0.730. The Labute approximate surface area is 723 Å². The van der Waals surface area contributed by atoms with Gasteiger partial charge in [-0.2, -0.15) is 0 Å². The number of ether oxygens (including phenoxy) is 21. The number of halogens is 7. The van der Waals surface area contributed by atoms with Gasteiger partial charge in [0.1, 0.15) is 150 Å². The number of unbranched alkanes of at least 4 members (excludes halogenated alkanes) is 8. The summed E-state index contributed by atoms with van der Waals surface area (Å²) in [6.07, 6.45) is 6.42. The van der Waals surface area contributed by atoms with Crippen LogP contribution in [0, 0.1) is 37.9 Å². The van der Waals surface area contributed by atoms with E-state index in [-0.39, 0.29) is 124 Å². The van der Waals surface area contributed by atoms with Crippen molar-refractivity contribution in [1.29, 1.82) is 0 Å². The van der Waals surface area contributed by atoms with Crippen LogP contribution in [0.1, 0.15) is 137 Å². The van der Waals surface area contributed by atoms with Gasteiger partial charge in [-0.3, -0.25) is 33.6 Å². The minimum absolute atomic E-state index is 0.00690. The van der Waals surface area contributed by atoms with Crippen LogP contribution in [-0.4, -0.2) is 250 Å². The second-order valence-corrected chi connectivity index (χ2v) is 32.5. The van der Waals surface area contributed by atoms with Gasteiger partial charge in [0, 0.05) is 38.6 Å². The fourth-order valence-corrected chi connectivity index (χ4v) is 10.3. The van der Waals surface area contributed by atoms with E-state index in [2.05, 4.69) is 92.3 Å². The van der Waals surface area contributed by atoms with E-state index >= 15 is 0 Å². The van der Waals surface area contributed by atoms with E-state index < -0.39 is 105 Å². The molecule has 7 aliphatic heterocycles. The van der Waals surface area contributed by atoms with Crippen LogP contribution in [0.25, 0.3) is 0 Å². The van der Waals surface area contributed by atoms with Crippen LogP contribution in [-0.2, 0) is 146 Å². The van der Waals surface area contributed by atoms with Gasteiger partial charge in [-0.1, -0.05) is 117 Å². The second kappa shape index (κ2) is 56.7. The third kappa shape index (κ3) is 40.8. The van der Waals surface area contributed by atoms with E-state index in [1.165, 1.54) is 6.42 Å². The monoisotopic (exact) mass is 1980 g/mol. The van der Waals surface area contributed by atoms with Gasteiger partial charge < -0.3 is 99.5 Å². The van der Waals surface area contributed by atoms with Crippen LogP contribution < -0.4 is 0 Å². The Morgan fingerprint density at radius 1 is 0.293 bits per heavy atom. The summed E-state index contributed by atoms with van der Waals surface area (Å²) < 4.78 is 102. The lowest BCUT2D eigenvalue weighted by atomic mass is 9.92. The molecule has 0 atom stereocenters. The van der Waals surface area contributed by atoms with Gasteiger partial charge in [-0.05, 0) is 98.1 Å². The molecule has 42 heteroatoms. The molecule has 7 aliphatic rings. The van der Waals surface area contributed by atoms with Crippen LogP contribution in [0.3, 0.4) is 0 Å². The van der Waals surface area contributed by atoms with Crippen molar-refractivity contribution in [3.05, 3.63) is 35.4 Å². The molecule has 0 radical (unpaired) electrons. The molecule has 0 saturated carbocycles. The highest BCUT2D eigenvalue weighted by molar-refractivity contribution is 14.1. The van der Waals surface area contributed by atoms with Crippen LogP contribution in [0.4, 0.5) is 33.6 Å². The van der Waals surface area contributed by atoms with Crippen molar-refractivity contribution in [2.75, 3.05) is 165 Å².